The third-order valence-corrected chi connectivity index (χ3v) is 7.98. The van der Waals surface area contributed by atoms with Gasteiger partial charge >= 0.3 is 12.2 Å². The SMILES string of the molecule is O=C(Nc1ccc(Oc2ccc(-c3cnc(N4CCCCC4=O)s3)cc2)nc1)Nc1cc(C(F)(F)F)cnc1-c1ccccc1. The second-order valence-electron chi connectivity index (χ2n) is 10.1. The van der Waals surface area contributed by atoms with Gasteiger partial charge in [0.05, 0.1) is 33.7 Å². The van der Waals surface area contributed by atoms with Gasteiger partial charge in [-0.05, 0) is 54.8 Å². The minimum Gasteiger partial charge on any atom is -0.439 e. The van der Waals surface area contributed by atoms with Crippen LogP contribution in [0.5, 0.6) is 11.6 Å². The Labute approximate surface area is 259 Å². The number of piperidine rings is 1. The number of nitrogens with one attached hydrogen (secondary N) is 2. The minimum atomic E-state index is -4.63. The third kappa shape index (κ3) is 7.10. The van der Waals surface area contributed by atoms with Crippen LogP contribution >= 0.6 is 11.3 Å². The van der Waals surface area contributed by atoms with Crippen LogP contribution in [0.15, 0.2) is 91.4 Å². The lowest BCUT2D eigenvalue weighted by Gasteiger charge is -2.23. The Hall–Kier alpha value is -5.30. The summed E-state index contributed by atoms with van der Waals surface area (Å²) in [6.07, 6.45) is 1.66. The zero-order valence-electron chi connectivity index (χ0n) is 23.5. The van der Waals surface area contributed by atoms with E-state index in [-0.39, 0.29) is 23.2 Å². The first-order valence-electron chi connectivity index (χ1n) is 13.9. The number of thiazole rings is 1. The van der Waals surface area contributed by atoms with Crippen molar-refractivity contribution in [3.8, 4) is 33.3 Å². The fourth-order valence-corrected chi connectivity index (χ4v) is 5.64. The number of nitrogens with zero attached hydrogens (tertiary/aromatic N) is 4. The second-order valence-corrected chi connectivity index (χ2v) is 11.1. The fourth-order valence-electron chi connectivity index (χ4n) is 4.68. The molecule has 1 aliphatic rings. The summed E-state index contributed by atoms with van der Waals surface area (Å²) in [6, 6.07) is 19.1. The van der Waals surface area contributed by atoms with Crippen LogP contribution in [0.2, 0.25) is 0 Å². The van der Waals surface area contributed by atoms with Crippen molar-refractivity contribution in [2.24, 2.45) is 0 Å². The van der Waals surface area contributed by atoms with E-state index in [0.29, 0.717) is 35.1 Å². The lowest BCUT2D eigenvalue weighted by atomic mass is 10.1. The molecular formula is C32H25F3N6O3S. The monoisotopic (exact) mass is 630 g/mol. The number of alkyl halides is 3. The first kappa shape index (κ1) is 29.8. The summed E-state index contributed by atoms with van der Waals surface area (Å²) >= 11 is 1.46. The van der Waals surface area contributed by atoms with Crippen molar-refractivity contribution >= 4 is 39.8 Å². The number of benzene rings is 2. The van der Waals surface area contributed by atoms with Crippen LogP contribution in [-0.4, -0.2) is 33.4 Å². The van der Waals surface area contributed by atoms with Gasteiger partial charge in [0.25, 0.3) is 0 Å². The molecule has 228 valence electrons. The molecule has 0 radical (unpaired) electrons. The number of carbonyl (C=O) groups excluding carboxylic acids is 2. The lowest BCUT2D eigenvalue weighted by molar-refractivity contribution is -0.137. The number of hydrogen-bond donors (Lipinski definition) is 2. The maximum atomic E-state index is 13.4. The zero-order chi connectivity index (χ0) is 31.4. The van der Waals surface area contributed by atoms with E-state index in [1.54, 1.807) is 65.7 Å². The average molecular weight is 631 g/mol. The van der Waals surface area contributed by atoms with Crippen LogP contribution < -0.4 is 20.3 Å². The predicted octanol–water partition coefficient (Wildman–Crippen LogP) is 8.24. The van der Waals surface area contributed by atoms with Gasteiger partial charge in [-0.15, -0.1) is 0 Å². The molecule has 3 aromatic heterocycles. The Morgan fingerprint density at radius 1 is 0.867 bits per heavy atom. The van der Waals surface area contributed by atoms with Crippen LogP contribution in [0.3, 0.4) is 0 Å². The molecule has 6 rings (SSSR count). The number of urea groups is 1. The number of carbonyl (C=O) groups is 2. The van der Waals surface area contributed by atoms with E-state index in [4.69, 9.17) is 4.74 Å². The highest BCUT2D eigenvalue weighted by Gasteiger charge is 2.32. The average Bonchev–Trinajstić information content (AvgIpc) is 3.53. The van der Waals surface area contributed by atoms with E-state index in [0.717, 1.165) is 35.5 Å². The van der Waals surface area contributed by atoms with Crippen molar-refractivity contribution in [3.63, 3.8) is 0 Å². The van der Waals surface area contributed by atoms with Gasteiger partial charge in [0.1, 0.15) is 5.75 Å². The van der Waals surface area contributed by atoms with E-state index < -0.39 is 17.8 Å². The molecule has 13 heteroatoms. The fraction of sp³-hybridized carbons (Fsp3) is 0.156. The van der Waals surface area contributed by atoms with E-state index in [1.807, 2.05) is 12.1 Å². The number of rotatable bonds is 7. The molecule has 0 bridgehead atoms. The molecule has 45 heavy (non-hydrogen) atoms. The molecule has 5 aromatic rings. The highest BCUT2D eigenvalue weighted by Crippen LogP contribution is 2.35. The third-order valence-electron chi connectivity index (χ3n) is 6.91. The topological polar surface area (TPSA) is 109 Å². The molecule has 0 spiro atoms. The summed E-state index contributed by atoms with van der Waals surface area (Å²) < 4.78 is 45.9. The molecule has 1 fully saturated rings. The molecule has 3 amide bonds. The number of aromatic nitrogens is 3. The quantitative estimate of drug-likeness (QED) is 0.188. The number of amides is 3. The molecule has 0 aliphatic carbocycles. The smallest absolute Gasteiger partial charge is 0.417 e. The van der Waals surface area contributed by atoms with Crippen molar-refractivity contribution in [1.82, 2.24) is 15.0 Å². The zero-order valence-corrected chi connectivity index (χ0v) is 24.4. The van der Waals surface area contributed by atoms with Crippen LogP contribution in [-0.2, 0) is 11.0 Å². The van der Waals surface area contributed by atoms with E-state index in [1.165, 1.54) is 17.5 Å². The standard InChI is InChI=1S/C32H25F3N6O3S/c33-32(34,35)22-16-25(29(37-17-22)21-6-2-1-3-7-21)40-30(43)39-23-11-14-27(36-18-23)44-24-12-9-20(10-13-24)26-19-38-31(45-26)41-15-5-4-8-28(41)42/h1-3,6-7,9-14,16-19H,4-5,8,15H2,(H2,39,40,43). The Bertz CT molecular complexity index is 1810. The summed E-state index contributed by atoms with van der Waals surface area (Å²) in [5.41, 5.74) is 0.881. The molecule has 4 heterocycles. The van der Waals surface area contributed by atoms with Crippen LogP contribution in [0.1, 0.15) is 24.8 Å². The van der Waals surface area contributed by atoms with Gasteiger partial charge in [-0.1, -0.05) is 41.7 Å². The van der Waals surface area contributed by atoms with Gasteiger partial charge in [-0.25, -0.2) is 14.8 Å². The van der Waals surface area contributed by atoms with Gasteiger partial charge in [0, 0.05) is 37.0 Å². The Kier molecular flexibility index (Phi) is 8.43. The van der Waals surface area contributed by atoms with Gasteiger partial charge in [-0.2, -0.15) is 13.2 Å². The number of ether oxygens (including phenoxy) is 1. The normalized spacial score (nSPS) is 13.4. The number of pyridine rings is 2. The van der Waals surface area contributed by atoms with Crippen molar-refractivity contribution in [3.05, 3.63) is 97.0 Å². The molecule has 2 N–H and O–H groups in total. The van der Waals surface area contributed by atoms with Gasteiger partial charge in [-0.3, -0.25) is 14.7 Å². The van der Waals surface area contributed by atoms with Gasteiger partial charge in [0.15, 0.2) is 5.13 Å². The maximum absolute atomic E-state index is 13.4. The highest BCUT2D eigenvalue weighted by atomic mass is 32.1. The van der Waals surface area contributed by atoms with Crippen molar-refractivity contribution in [2.75, 3.05) is 22.1 Å². The Morgan fingerprint density at radius 3 is 2.38 bits per heavy atom. The summed E-state index contributed by atoms with van der Waals surface area (Å²) in [7, 11) is 0. The Morgan fingerprint density at radius 2 is 1.67 bits per heavy atom. The molecule has 1 aliphatic heterocycles. The predicted molar refractivity (Wildman–Crippen MR) is 165 cm³/mol. The molecule has 0 saturated carbocycles. The number of hydrogen-bond acceptors (Lipinski definition) is 7. The number of halogens is 3. The first-order chi connectivity index (χ1) is 21.7. The van der Waals surface area contributed by atoms with Crippen LogP contribution in [0, 0.1) is 0 Å². The van der Waals surface area contributed by atoms with E-state index in [9.17, 15) is 22.8 Å². The second kappa shape index (κ2) is 12.7. The van der Waals surface area contributed by atoms with Crippen LogP contribution in [0.4, 0.5) is 34.5 Å². The summed E-state index contributed by atoms with van der Waals surface area (Å²) in [4.78, 5) is 40.3. The molecule has 0 unspecified atom stereocenters. The summed E-state index contributed by atoms with van der Waals surface area (Å²) in [5, 5.41) is 5.74. The molecule has 1 saturated heterocycles. The van der Waals surface area contributed by atoms with Gasteiger partial charge in [0.2, 0.25) is 11.8 Å². The minimum absolute atomic E-state index is 0.0978. The van der Waals surface area contributed by atoms with Crippen LogP contribution in [0.25, 0.3) is 21.7 Å². The van der Waals surface area contributed by atoms with Crippen molar-refractivity contribution < 1.29 is 27.5 Å². The van der Waals surface area contributed by atoms with E-state index >= 15 is 0 Å². The highest BCUT2D eigenvalue weighted by molar-refractivity contribution is 7.19. The van der Waals surface area contributed by atoms with Gasteiger partial charge < -0.3 is 15.4 Å². The van der Waals surface area contributed by atoms with Crippen molar-refractivity contribution in [1.29, 1.82) is 0 Å². The summed E-state index contributed by atoms with van der Waals surface area (Å²) in [5.74, 6) is 0.905. The number of anilines is 3. The lowest BCUT2D eigenvalue weighted by Crippen LogP contribution is -2.34. The van der Waals surface area contributed by atoms with Crippen molar-refractivity contribution in [2.45, 2.75) is 25.4 Å². The molecular weight excluding hydrogens is 605 g/mol. The first-order valence-corrected chi connectivity index (χ1v) is 14.8. The summed E-state index contributed by atoms with van der Waals surface area (Å²) in [6.45, 7) is 0.688. The maximum Gasteiger partial charge on any atom is 0.417 e. The molecule has 9 nitrogen and oxygen atoms in total. The van der Waals surface area contributed by atoms with E-state index in [2.05, 4.69) is 25.6 Å². The Balaban J connectivity index is 1.08. The molecule has 2 aromatic carbocycles. The molecule has 0 atom stereocenters. The largest absolute Gasteiger partial charge is 0.439 e.